The lowest BCUT2D eigenvalue weighted by Crippen LogP contribution is -2.33. The van der Waals surface area contributed by atoms with E-state index in [9.17, 15) is 24.5 Å². The summed E-state index contributed by atoms with van der Waals surface area (Å²) in [6, 6.07) is 6.61. The number of benzene rings is 3. The molecule has 0 fully saturated rings. The molecule has 8 nitrogen and oxygen atoms in total. The second-order valence-electron chi connectivity index (χ2n) is 4.56. The molecular formula is C14H6N2O6. The van der Waals surface area contributed by atoms with Crippen molar-refractivity contribution in [3.8, 4) is 11.1 Å². The molecule has 3 rings (SSSR count). The van der Waals surface area contributed by atoms with Gasteiger partial charge in [-0.05, 0) is 0 Å². The predicted molar refractivity (Wildman–Crippen MR) is 75.8 cm³/mol. The zero-order valence-electron chi connectivity index (χ0n) is 10.8. The quantitative estimate of drug-likeness (QED) is 0.294. The maximum atomic E-state index is 12.5. The highest BCUT2D eigenvalue weighted by Gasteiger charge is 2.29. The lowest BCUT2D eigenvalue weighted by molar-refractivity contribution is -0.385. The van der Waals surface area contributed by atoms with Crippen LogP contribution in [0.25, 0.3) is 21.9 Å². The summed E-state index contributed by atoms with van der Waals surface area (Å²) in [4.78, 5) is 46.8. The van der Waals surface area contributed by atoms with E-state index in [-0.39, 0.29) is 16.3 Å². The molecule has 0 atom stereocenters. The van der Waals surface area contributed by atoms with Crippen LogP contribution in [0.5, 0.6) is 0 Å². The summed E-state index contributed by atoms with van der Waals surface area (Å²) >= 11 is 0. The van der Waals surface area contributed by atoms with Crippen molar-refractivity contribution in [2.75, 3.05) is 0 Å². The molecular weight excluding hydrogens is 292 g/mol. The molecule has 2 aliphatic rings. The van der Waals surface area contributed by atoms with Crippen LogP contribution in [0, 0.1) is 10.1 Å². The summed E-state index contributed by atoms with van der Waals surface area (Å²) < 4.78 is 0. The Morgan fingerprint density at radius 2 is 1.64 bits per heavy atom. The minimum atomic E-state index is -1.01. The van der Waals surface area contributed by atoms with E-state index in [1.165, 1.54) is 18.2 Å². The van der Waals surface area contributed by atoms with Gasteiger partial charge in [0.1, 0.15) is 5.56 Å². The molecule has 22 heavy (non-hydrogen) atoms. The number of hydrogen-bond acceptors (Lipinski definition) is 7. The molecule has 8 heteroatoms. The molecule has 0 saturated carbocycles. The molecule has 108 valence electrons. The molecule has 0 aliphatic heterocycles. The molecule has 0 aromatic heterocycles. The Kier molecular flexibility index (Phi) is 2.81. The van der Waals surface area contributed by atoms with E-state index in [2.05, 4.69) is 5.16 Å². The van der Waals surface area contributed by atoms with Crippen LogP contribution in [0.2, 0.25) is 0 Å². The highest BCUT2D eigenvalue weighted by Crippen LogP contribution is 2.23. The molecule has 2 aliphatic carbocycles. The monoisotopic (exact) mass is 298 g/mol. The Hall–Kier alpha value is -3.42. The third-order valence-electron chi connectivity index (χ3n) is 3.41. The molecule has 0 unspecified atom stereocenters. The molecule has 0 amide bonds. The summed E-state index contributed by atoms with van der Waals surface area (Å²) in [5, 5.41) is 21.8. The Morgan fingerprint density at radius 1 is 1.05 bits per heavy atom. The first-order valence-electron chi connectivity index (χ1n) is 6.03. The fourth-order valence-electron chi connectivity index (χ4n) is 2.48. The SMILES string of the molecule is O=c1cc2c(=O)c3ccccc3c(=O)c-2c([N+](=O)[O-])c1=NO. The minimum absolute atomic E-state index is 0.00522. The highest BCUT2D eigenvalue weighted by molar-refractivity contribution is 5.92. The summed E-state index contributed by atoms with van der Waals surface area (Å²) in [7, 11) is 0. The Labute approximate surface area is 120 Å². The van der Waals surface area contributed by atoms with Gasteiger partial charge in [-0.3, -0.25) is 24.5 Å². The van der Waals surface area contributed by atoms with Gasteiger partial charge in [-0.2, -0.15) is 0 Å². The van der Waals surface area contributed by atoms with Crippen molar-refractivity contribution in [3.63, 3.8) is 0 Å². The lowest BCUT2D eigenvalue weighted by Gasteiger charge is -2.05. The number of rotatable bonds is 1. The van der Waals surface area contributed by atoms with Gasteiger partial charge in [0.2, 0.25) is 16.2 Å². The third-order valence-corrected chi connectivity index (χ3v) is 3.41. The van der Waals surface area contributed by atoms with Gasteiger partial charge in [-0.15, -0.1) is 0 Å². The van der Waals surface area contributed by atoms with E-state index in [1.807, 2.05) is 0 Å². The van der Waals surface area contributed by atoms with E-state index in [4.69, 9.17) is 5.21 Å². The molecule has 0 bridgehead atoms. The normalized spacial score (nSPS) is 12.1. The van der Waals surface area contributed by atoms with Gasteiger partial charge < -0.3 is 5.21 Å². The number of nitro benzene ring substituents is 1. The first-order valence-corrected chi connectivity index (χ1v) is 6.03. The molecule has 0 heterocycles. The van der Waals surface area contributed by atoms with Crippen LogP contribution in [-0.4, -0.2) is 10.1 Å². The topological polar surface area (TPSA) is 127 Å². The second kappa shape index (κ2) is 4.55. The van der Waals surface area contributed by atoms with Gasteiger partial charge in [-0.1, -0.05) is 29.4 Å². The van der Waals surface area contributed by atoms with Crippen molar-refractivity contribution in [2.24, 2.45) is 5.16 Å². The standard InChI is InChI=1S/C14H6N2O6/c17-9-5-8-10(12(16(21)22)11(9)15-20)14(19)7-4-2-1-3-6(7)13(8)18/h1-5,20H. The van der Waals surface area contributed by atoms with Crippen LogP contribution >= 0.6 is 0 Å². The molecule has 1 N–H and O–H groups in total. The van der Waals surface area contributed by atoms with Crippen LogP contribution in [0.15, 0.2) is 49.9 Å². The van der Waals surface area contributed by atoms with Gasteiger partial charge in [0.25, 0.3) is 0 Å². The first-order chi connectivity index (χ1) is 10.5. The van der Waals surface area contributed by atoms with Crippen molar-refractivity contribution in [3.05, 3.63) is 76.5 Å². The lowest BCUT2D eigenvalue weighted by atomic mass is 9.95. The zero-order chi connectivity index (χ0) is 16.0. The van der Waals surface area contributed by atoms with E-state index in [0.29, 0.717) is 0 Å². The Balaban J connectivity index is 2.81. The first kappa shape index (κ1) is 13.6. The van der Waals surface area contributed by atoms with E-state index >= 15 is 0 Å². The smallest absolute Gasteiger partial charge is 0.314 e. The van der Waals surface area contributed by atoms with Crippen LogP contribution in [0.4, 0.5) is 5.69 Å². The largest absolute Gasteiger partial charge is 0.410 e. The van der Waals surface area contributed by atoms with Gasteiger partial charge in [0.15, 0.2) is 5.43 Å². The van der Waals surface area contributed by atoms with Crippen LogP contribution in [0.3, 0.4) is 0 Å². The predicted octanol–water partition coefficient (Wildman–Crippen LogP) is 0.0989. The van der Waals surface area contributed by atoms with Crippen LogP contribution < -0.4 is 21.6 Å². The molecule has 0 saturated heterocycles. The van der Waals surface area contributed by atoms with Gasteiger partial charge in [-0.25, -0.2) is 0 Å². The fourth-order valence-corrected chi connectivity index (χ4v) is 2.48. The van der Waals surface area contributed by atoms with Crippen molar-refractivity contribution in [1.29, 1.82) is 0 Å². The second-order valence-corrected chi connectivity index (χ2v) is 4.56. The zero-order valence-corrected chi connectivity index (χ0v) is 10.8. The van der Waals surface area contributed by atoms with Gasteiger partial charge >= 0.3 is 5.69 Å². The summed E-state index contributed by atoms with van der Waals surface area (Å²) in [6.07, 6.45) is 0. The van der Waals surface area contributed by atoms with Gasteiger partial charge in [0.05, 0.1) is 4.92 Å². The van der Waals surface area contributed by atoms with E-state index < -0.39 is 37.8 Å². The third kappa shape index (κ3) is 1.64. The maximum absolute atomic E-state index is 12.5. The fraction of sp³-hybridized carbons (Fsp3) is 0. The molecule has 0 radical (unpaired) electrons. The average molecular weight is 298 g/mol. The maximum Gasteiger partial charge on any atom is 0.314 e. The van der Waals surface area contributed by atoms with Crippen LogP contribution in [-0.2, 0) is 0 Å². The van der Waals surface area contributed by atoms with Crippen molar-refractivity contribution in [1.82, 2.24) is 0 Å². The highest BCUT2D eigenvalue weighted by atomic mass is 16.6. The molecule has 1 aromatic carbocycles. The van der Waals surface area contributed by atoms with Crippen molar-refractivity contribution >= 4 is 16.5 Å². The summed E-state index contributed by atoms with van der Waals surface area (Å²) in [5.74, 6) is 0. The molecule has 1 aromatic rings. The number of hydrogen-bond donors (Lipinski definition) is 1. The van der Waals surface area contributed by atoms with Crippen molar-refractivity contribution < 1.29 is 10.1 Å². The molecule has 0 spiro atoms. The van der Waals surface area contributed by atoms with Crippen molar-refractivity contribution in [2.45, 2.75) is 0 Å². The average Bonchev–Trinajstić information content (AvgIpc) is 2.51. The van der Waals surface area contributed by atoms with Crippen LogP contribution in [0.1, 0.15) is 0 Å². The van der Waals surface area contributed by atoms with E-state index in [1.54, 1.807) is 6.07 Å². The van der Waals surface area contributed by atoms with Gasteiger partial charge in [0, 0.05) is 22.4 Å². The summed E-state index contributed by atoms with van der Waals surface area (Å²) in [6.45, 7) is 0. The Morgan fingerprint density at radius 3 is 2.18 bits per heavy atom. The summed E-state index contributed by atoms with van der Waals surface area (Å²) in [5.41, 5.74) is -4.27. The number of nitro groups is 1. The number of nitrogens with zero attached hydrogens (tertiary/aromatic N) is 2. The number of fused-ring (bicyclic) bond motifs is 2. The van der Waals surface area contributed by atoms with E-state index in [0.717, 1.165) is 6.07 Å². The Bertz CT molecular complexity index is 1120. The minimum Gasteiger partial charge on any atom is -0.410 e.